The zero-order chi connectivity index (χ0) is 21.7. The first-order valence-electron chi connectivity index (χ1n) is 8.48. The molecular formula is C20H11ClF5N3O. The highest BCUT2D eigenvalue weighted by Crippen LogP contribution is 2.45. The van der Waals surface area contributed by atoms with Crippen LogP contribution < -0.4 is 0 Å². The zero-order valence-electron chi connectivity index (χ0n) is 14.8. The van der Waals surface area contributed by atoms with Crippen LogP contribution in [0.5, 0.6) is 0 Å². The van der Waals surface area contributed by atoms with Crippen LogP contribution in [0.25, 0.3) is 16.7 Å². The van der Waals surface area contributed by atoms with Crippen molar-refractivity contribution in [3.05, 3.63) is 88.4 Å². The summed E-state index contributed by atoms with van der Waals surface area (Å²) in [7, 11) is 0. The number of halogens is 6. The van der Waals surface area contributed by atoms with Crippen molar-refractivity contribution in [3.63, 3.8) is 0 Å². The average Bonchev–Trinajstić information content (AvgIpc) is 3.12. The molecule has 0 saturated carbocycles. The SMILES string of the molecule is OC(c1ccc(F)c(Cl)c1)(c1ccc2c(c1)nnn2-c1ccc(F)cc1)C(F)(F)F. The van der Waals surface area contributed by atoms with Crippen molar-refractivity contribution in [1.82, 2.24) is 15.0 Å². The third kappa shape index (κ3) is 3.20. The summed E-state index contributed by atoms with van der Waals surface area (Å²) in [6.07, 6.45) is -5.14. The molecule has 1 unspecified atom stereocenters. The molecule has 0 radical (unpaired) electrons. The van der Waals surface area contributed by atoms with Gasteiger partial charge in [0.2, 0.25) is 5.60 Å². The van der Waals surface area contributed by atoms with E-state index in [4.69, 9.17) is 11.6 Å². The van der Waals surface area contributed by atoms with Crippen LogP contribution in [0.15, 0.2) is 60.7 Å². The molecule has 0 bridgehead atoms. The molecule has 1 atom stereocenters. The topological polar surface area (TPSA) is 50.9 Å². The number of hydrogen-bond acceptors (Lipinski definition) is 3. The lowest BCUT2D eigenvalue weighted by molar-refractivity contribution is -0.248. The highest BCUT2D eigenvalue weighted by atomic mass is 35.5. The highest BCUT2D eigenvalue weighted by Gasteiger charge is 2.56. The molecular weight excluding hydrogens is 429 g/mol. The predicted octanol–water partition coefficient (Wildman–Crippen LogP) is 5.15. The lowest BCUT2D eigenvalue weighted by atomic mass is 9.85. The minimum absolute atomic E-state index is 0.0627. The lowest BCUT2D eigenvalue weighted by Crippen LogP contribution is -2.43. The third-order valence-corrected chi connectivity index (χ3v) is 4.97. The van der Waals surface area contributed by atoms with Crippen LogP contribution in [0.3, 0.4) is 0 Å². The Morgan fingerprint density at radius 1 is 0.867 bits per heavy atom. The largest absolute Gasteiger partial charge is 0.425 e. The van der Waals surface area contributed by atoms with Crippen molar-refractivity contribution in [1.29, 1.82) is 0 Å². The molecule has 3 aromatic carbocycles. The normalized spacial score (nSPS) is 14.1. The fraction of sp³-hybridized carbons (Fsp3) is 0.100. The minimum Gasteiger partial charge on any atom is -0.372 e. The van der Waals surface area contributed by atoms with Crippen LogP contribution in [0.1, 0.15) is 11.1 Å². The molecule has 4 rings (SSSR count). The van der Waals surface area contributed by atoms with Gasteiger partial charge in [-0.05, 0) is 59.7 Å². The number of fused-ring (bicyclic) bond motifs is 1. The number of benzene rings is 3. The maximum atomic E-state index is 14.0. The minimum atomic E-state index is -5.14. The molecule has 0 aliphatic rings. The second kappa shape index (κ2) is 7.03. The van der Waals surface area contributed by atoms with Crippen molar-refractivity contribution < 1.29 is 27.1 Å². The van der Waals surface area contributed by atoms with E-state index >= 15 is 0 Å². The number of hydrogen-bond donors (Lipinski definition) is 1. The first kappa shape index (κ1) is 20.2. The van der Waals surface area contributed by atoms with Gasteiger partial charge in [0.25, 0.3) is 0 Å². The second-order valence-electron chi connectivity index (χ2n) is 6.52. The molecule has 0 aliphatic heterocycles. The summed E-state index contributed by atoms with van der Waals surface area (Å²) in [5, 5.41) is 17.9. The van der Waals surface area contributed by atoms with Gasteiger partial charge < -0.3 is 5.11 Å². The van der Waals surface area contributed by atoms with Crippen LogP contribution in [-0.2, 0) is 5.60 Å². The van der Waals surface area contributed by atoms with Crippen molar-refractivity contribution >= 4 is 22.6 Å². The van der Waals surface area contributed by atoms with Gasteiger partial charge in [0.1, 0.15) is 17.2 Å². The summed E-state index contributed by atoms with van der Waals surface area (Å²) in [6, 6.07) is 11.0. The van der Waals surface area contributed by atoms with E-state index in [1.54, 1.807) is 0 Å². The van der Waals surface area contributed by atoms with E-state index in [-0.39, 0.29) is 5.52 Å². The summed E-state index contributed by atoms with van der Waals surface area (Å²) in [6.45, 7) is 0. The molecule has 0 aliphatic carbocycles. The number of aromatic nitrogens is 3. The summed E-state index contributed by atoms with van der Waals surface area (Å²) in [5.41, 5.74) is -3.80. The maximum Gasteiger partial charge on any atom is 0.425 e. The maximum absolute atomic E-state index is 14.0. The molecule has 0 saturated heterocycles. The molecule has 30 heavy (non-hydrogen) atoms. The van der Waals surface area contributed by atoms with E-state index in [9.17, 15) is 27.1 Å². The fourth-order valence-electron chi connectivity index (χ4n) is 3.14. The molecule has 4 aromatic rings. The van der Waals surface area contributed by atoms with E-state index in [1.165, 1.54) is 35.0 Å². The predicted molar refractivity (Wildman–Crippen MR) is 99.3 cm³/mol. The van der Waals surface area contributed by atoms with Crippen LogP contribution in [0.4, 0.5) is 22.0 Å². The van der Waals surface area contributed by atoms with E-state index in [2.05, 4.69) is 10.3 Å². The van der Waals surface area contributed by atoms with Gasteiger partial charge in [-0.25, -0.2) is 13.5 Å². The Bertz CT molecular complexity index is 1240. The van der Waals surface area contributed by atoms with E-state index in [0.717, 1.165) is 30.3 Å². The van der Waals surface area contributed by atoms with Gasteiger partial charge in [-0.2, -0.15) is 13.2 Å². The van der Waals surface area contributed by atoms with E-state index in [1.807, 2.05) is 0 Å². The van der Waals surface area contributed by atoms with Gasteiger partial charge in [-0.15, -0.1) is 5.10 Å². The average molecular weight is 440 g/mol. The Hall–Kier alpha value is -3.04. The van der Waals surface area contributed by atoms with Gasteiger partial charge in [0.15, 0.2) is 0 Å². The Morgan fingerprint density at radius 2 is 1.50 bits per heavy atom. The molecule has 154 valence electrons. The van der Waals surface area contributed by atoms with Crippen molar-refractivity contribution in [2.24, 2.45) is 0 Å². The molecule has 4 nitrogen and oxygen atoms in total. The first-order chi connectivity index (χ1) is 14.1. The molecule has 0 amide bonds. The van der Waals surface area contributed by atoms with Crippen LogP contribution in [0.2, 0.25) is 5.02 Å². The smallest absolute Gasteiger partial charge is 0.372 e. The lowest BCUT2D eigenvalue weighted by Gasteiger charge is -2.31. The fourth-order valence-corrected chi connectivity index (χ4v) is 3.32. The highest BCUT2D eigenvalue weighted by molar-refractivity contribution is 6.30. The molecule has 1 aromatic heterocycles. The summed E-state index contributed by atoms with van der Waals surface area (Å²) < 4.78 is 69.8. The zero-order valence-corrected chi connectivity index (χ0v) is 15.6. The standard InChI is InChI=1S/C20H11ClF5N3O/c21-15-9-11(1-7-16(15)23)19(30,20(24,25)26)12-2-8-18-17(10-12)27-28-29(18)14-5-3-13(22)4-6-14/h1-10,30H. The van der Waals surface area contributed by atoms with Gasteiger partial charge in [0, 0.05) is 0 Å². The molecule has 1 heterocycles. The quantitative estimate of drug-likeness (QED) is 0.449. The summed E-state index contributed by atoms with van der Waals surface area (Å²) in [5.74, 6) is -1.37. The van der Waals surface area contributed by atoms with Gasteiger partial charge in [-0.3, -0.25) is 0 Å². The van der Waals surface area contributed by atoms with E-state index < -0.39 is 39.6 Å². The Kier molecular flexibility index (Phi) is 4.74. The number of aliphatic hydroxyl groups is 1. The third-order valence-electron chi connectivity index (χ3n) is 4.68. The molecule has 1 N–H and O–H groups in total. The van der Waals surface area contributed by atoms with Crippen molar-refractivity contribution in [2.75, 3.05) is 0 Å². The van der Waals surface area contributed by atoms with E-state index in [0.29, 0.717) is 11.2 Å². The molecule has 0 spiro atoms. The summed E-state index contributed by atoms with van der Waals surface area (Å²) in [4.78, 5) is 0. The van der Waals surface area contributed by atoms with Crippen LogP contribution in [-0.4, -0.2) is 26.3 Å². The first-order valence-corrected chi connectivity index (χ1v) is 8.85. The van der Waals surface area contributed by atoms with Gasteiger partial charge in [-0.1, -0.05) is 28.9 Å². The monoisotopic (exact) mass is 439 g/mol. The van der Waals surface area contributed by atoms with Gasteiger partial charge >= 0.3 is 6.18 Å². The number of nitrogens with zero attached hydrogens (tertiary/aromatic N) is 3. The Balaban J connectivity index is 1.87. The van der Waals surface area contributed by atoms with Crippen LogP contribution in [0, 0.1) is 11.6 Å². The molecule has 0 fully saturated rings. The molecule has 10 heteroatoms. The van der Waals surface area contributed by atoms with Crippen molar-refractivity contribution in [3.8, 4) is 5.69 Å². The number of rotatable bonds is 3. The van der Waals surface area contributed by atoms with Crippen molar-refractivity contribution in [2.45, 2.75) is 11.8 Å². The Labute approximate surface area is 171 Å². The summed E-state index contributed by atoms with van der Waals surface area (Å²) >= 11 is 5.63. The number of alkyl halides is 3. The van der Waals surface area contributed by atoms with Gasteiger partial charge in [0.05, 0.1) is 16.2 Å². The van der Waals surface area contributed by atoms with Crippen LogP contribution >= 0.6 is 11.6 Å². The Morgan fingerprint density at radius 3 is 2.13 bits per heavy atom. The second-order valence-corrected chi connectivity index (χ2v) is 6.93.